The van der Waals surface area contributed by atoms with Crippen LogP contribution in [0.4, 0.5) is 0 Å². The van der Waals surface area contributed by atoms with Gasteiger partial charge in [-0.15, -0.1) is 22.9 Å². The summed E-state index contributed by atoms with van der Waals surface area (Å²) >= 11 is 7.70. The van der Waals surface area contributed by atoms with Gasteiger partial charge in [-0.3, -0.25) is 9.59 Å². The summed E-state index contributed by atoms with van der Waals surface area (Å²) in [4.78, 5) is 31.4. The summed E-state index contributed by atoms with van der Waals surface area (Å²) in [5.74, 6) is 1.31. The highest BCUT2D eigenvalue weighted by Crippen LogP contribution is 2.33. The van der Waals surface area contributed by atoms with Gasteiger partial charge in [0.15, 0.2) is 11.5 Å². The summed E-state index contributed by atoms with van der Waals surface area (Å²) in [6.45, 7) is 5.74. The average Bonchev–Trinajstić information content (AvgIpc) is 3.60. The normalized spacial score (nSPS) is 17.1. The van der Waals surface area contributed by atoms with Gasteiger partial charge in [-0.05, 0) is 55.8 Å². The van der Waals surface area contributed by atoms with E-state index < -0.39 is 5.41 Å². The second kappa shape index (κ2) is 11.0. The third kappa shape index (κ3) is 6.03. The molecule has 1 aromatic heterocycles. The molecule has 0 N–H and O–H groups in total. The van der Waals surface area contributed by atoms with Crippen LogP contribution in [0.3, 0.4) is 0 Å². The van der Waals surface area contributed by atoms with Crippen molar-refractivity contribution in [2.45, 2.75) is 45.9 Å². The highest BCUT2D eigenvalue weighted by molar-refractivity contribution is 7.09. The van der Waals surface area contributed by atoms with E-state index in [1.165, 1.54) is 0 Å². The molecule has 0 bridgehead atoms. The summed E-state index contributed by atoms with van der Waals surface area (Å²) in [6.07, 6.45) is 1.80. The lowest BCUT2D eigenvalue weighted by Crippen LogP contribution is -2.49. The number of hydrogen-bond donors (Lipinski definition) is 0. The lowest BCUT2D eigenvalue weighted by Gasteiger charge is -2.33. The number of alkyl halides is 1. The molecule has 4 rings (SSSR count). The van der Waals surface area contributed by atoms with Gasteiger partial charge in [0.25, 0.3) is 0 Å². The Morgan fingerprint density at radius 2 is 1.97 bits per heavy atom. The van der Waals surface area contributed by atoms with E-state index in [4.69, 9.17) is 25.8 Å². The number of nitrogens with zero attached hydrogens (tertiary/aromatic N) is 2. The molecule has 1 saturated heterocycles. The molecule has 0 radical (unpaired) electrons. The Morgan fingerprint density at radius 3 is 2.68 bits per heavy atom. The standard InChI is InChI=1S/C25H31ClN2O5S/c1-25(2,16-26)24(30)28(13-19-5-3-9-31-19)15-23(29)27(14-20-6-4-10-34-20)12-18-7-8-21-22(11-18)33-17-32-21/h4,6-8,10-11,19H,3,5,9,12-17H2,1-2H3. The molecule has 9 heteroatoms. The Labute approximate surface area is 209 Å². The van der Waals surface area contributed by atoms with Gasteiger partial charge in [0.2, 0.25) is 18.6 Å². The van der Waals surface area contributed by atoms with Crippen molar-refractivity contribution in [2.24, 2.45) is 5.41 Å². The van der Waals surface area contributed by atoms with Crippen LogP contribution < -0.4 is 9.47 Å². The van der Waals surface area contributed by atoms with Gasteiger partial charge in [0.05, 0.1) is 24.6 Å². The SMILES string of the molecule is CC(C)(CCl)C(=O)N(CC(=O)N(Cc1ccc2c(c1)OCO2)Cc1cccs1)CC1CCCO1. The number of thiophene rings is 1. The van der Waals surface area contributed by atoms with Gasteiger partial charge in [0, 0.05) is 30.5 Å². The predicted octanol–water partition coefficient (Wildman–Crippen LogP) is 4.28. The van der Waals surface area contributed by atoms with E-state index in [0.29, 0.717) is 37.7 Å². The predicted molar refractivity (Wildman–Crippen MR) is 131 cm³/mol. The first-order valence-corrected chi connectivity index (χ1v) is 12.9. The van der Waals surface area contributed by atoms with Gasteiger partial charge in [-0.2, -0.15) is 0 Å². The van der Waals surface area contributed by atoms with Crippen LogP contribution in [0, 0.1) is 5.41 Å². The van der Waals surface area contributed by atoms with Crippen LogP contribution in [0.25, 0.3) is 0 Å². The minimum absolute atomic E-state index is 0.0189. The number of amides is 2. The number of carbonyl (C=O) groups is 2. The molecule has 1 fully saturated rings. The highest BCUT2D eigenvalue weighted by atomic mass is 35.5. The number of benzene rings is 1. The Balaban J connectivity index is 1.53. The van der Waals surface area contributed by atoms with E-state index in [1.54, 1.807) is 21.1 Å². The number of rotatable bonds is 10. The molecule has 7 nitrogen and oxygen atoms in total. The molecule has 0 aliphatic carbocycles. The third-order valence-electron chi connectivity index (χ3n) is 6.06. The number of carbonyl (C=O) groups excluding carboxylic acids is 2. The van der Waals surface area contributed by atoms with Crippen LogP contribution in [0.2, 0.25) is 0 Å². The topological polar surface area (TPSA) is 68.3 Å². The molecule has 1 unspecified atom stereocenters. The first kappa shape index (κ1) is 24.8. The van der Waals surface area contributed by atoms with E-state index in [-0.39, 0.29) is 37.1 Å². The molecule has 2 amide bonds. The maximum absolute atomic E-state index is 13.6. The second-order valence-corrected chi connectivity index (χ2v) is 10.7. The smallest absolute Gasteiger partial charge is 0.242 e. The summed E-state index contributed by atoms with van der Waals surface area (Å²) in [7, 11) is 0. The summed E-state index contributed by atoms with van der Waals surface area (Å²) < 4.78 is 16.7. The molecule has 3 heterocycles. The van der Waals surface area contributed by atoms with Crippen molar-refractivity contribution < 1.29 is 23.8 Å². The molecule has 2 aliphatic heterocycles. The van der Waals surface area contributed by atoms with Gasteiger partial charge in [-0.25, -0.2) is 0 Å². The van der Waals surface area contributed by atoms with Crippen molar-refractivity contribution in [3.05, 3.63) is 46.2 Å². The number of hydrogen-bond acceptors (Lipinski definition) is 6. The molecule has 0 spiro atoms. The van der Waals surface area contributed by atoms with Crippen LogP contribution in [-0.2, 0) is 27.4 Å². The van der Waals surface area contributed by atoms with Crippen molar-refractivity contribution >= 4 is 34.8 Å². The Bertz CT molecular complexity index is 991. The second-order valence-electron chi connectivity index (χ2n) is 9.35. The van der Waals surface area contributed by atoms with Crippen molar-refractivity contribution in [3.8, 4) is 11.5 Å². The fraction of sp³-hybridized carbons (Fsp3) is 0.520. The lowest BCUT2D eigenvalue weighted by molar-refractivity contribution is -0.147. The van der Waals surface area contributed by atoms with Gasteiger partial charge in [-0.1, -0.05) is 12.1 Å². The fourth-order valence-electron chi connectivity index (χ4n) is 4.08. The first-order chi connectivity index (χ1) is 16.4. The number of fused-ring (bicyclic) bond motifs is 1. The third-order valence-corrected chi connectivity index (χ3v) is 7.59. The average molecular weight is 507 g/mol. The number of halogens is 1. The zero-order chi connectivity index (χ0) is 24.1. The minimum Gasteiger partial charge on any atom is -0.454 e. The van der Waals surface area contributed by atoms with E-state index >= 15 is 0 Å². The van der Waals surface area contributed by atoms with E-state index in [0.717, 1.165) is 23.3 Å². The van der Waals surface area contributed by atoms with Crippen LogP contribution in [-0.4, -0.2) is 60.1 Å². The van der Waals surface area contributed by atoms with Crippen LogP contribution in [0.1, 0.15) is 37.1 Å². The minimum atomic E-state index is -0.768. The van der Waals surface area contributed by atoms with E-state index in [2.05, 4.69) is 0 Å². The Morgan fingerprint density at radius 1 is 1.15 bits per heavy atom. The van der Waals surface area contributed by atoms with Crippen LogP contribution in [0.5, 0.6) is 11.5 Å². The van der Waals surface area contributed by atoms with E-state index in [1.807, 2.05) is 49.6 Å². The van der Waals surface area contributed by atoms with Gasteiger partial charge in [0.1, 0.15) is 0 Å². The zero-order valence-corrected chi connectivity index (χ0v) is 21.2. The number of ether oxygens (including phenoxy) is 3. The maximum atomic E-state index is 13.6. The monoisotopic (exact) mass is 506 g/mol. The quantitative estimate of drug-likeness (QED) is 0.450. The molecule has 0 saturated carbocycles. The van der Waals surface area contributed by atoms with Crippen molar-refractivity contribution in [2.75, 3.05) is 32.4 Å². The zero-order valence-electron chi connectivity index (χ0n) is 19.6. The highest BCUT2D eigenvalue weighted by Gasteiger charge is 2.35. The summed E-state index contributed by atoms with van der Waals surface area (Å²) in [5, 5.41) is 1.99. The summed E-state index contributed by atoms with van der Waals surface area (Å²) in [5.41, 5.74) is 0.170. The molecule has 1 aromatic carbocycles. The van der Waals surface area contributed by atoms with Gasteiger partial charge >= 0.3 is 0 Å². The molecule has 2 aliphatic rings. The lowest BCUT2D eigenvalue weighted by atomic mass is 9.94. The Kier molecular flexibility index (Phi) is 8.01. The van der Waals surface area contributed by atoms with Crippen molar-refractivity contribution in [1.82, 2.24) is 9.80 Å². The Hall–Kier alpha value is -2.29. The maximum Gasteiger partial charge on any atom is 0.242 e. The molecular formula is C25H31ClN2O5S. The van der Waals surface area contributed by atoms with Crippen LogP contribution in [0.15, 0.2) is 35.7 Å². The molecule has 2 aromatic rings. The van der Waals surface area contributed by atoms with Crippen LogP contribution >= 0.6 is 22.9 Å². The molecular weight excluding hydrogens is 476 g/mol. The molecule has 34 heavy (non-hydrogen) atoms. The largest absolute Gasteiger partial charge is 0.454 e. The summed E-state index contributed by atoms with van der Waals surface area (Å²) in [6, 6.07) is 9.69. The van der Waals surface area contributed by atoms with Crippen molar-refractivity contribution in [1.29, 1.82) is 0 Å². The first-order valence-electron chi connectivity index (χ1n) is 11.5. The van der Waals surface area contributed by atoms with Gasteiger partial charge < -0.3 is 24.0 Å². The molecule has 1 atom stereocenters. The van der Waals surface area contributed by atoms with E-state index in [9.17, 15) is 9.59 Å². The molecule has 184 valence electrons. The van der Waals surface area contributed by atoms with Crippen molar-refractivity contribution in [3.63, 3.8) is 0 Å². The fourth-order valence-corrected chi connectivity index (χ4v) is 4.92.